The van der Waals surface area contributed by atoms with Crippen LogP contribution in [-0.2, 0) is 25.5 Å². The van der Waals surface area contributed by atoms with Gasteiger partial charge in [0.15, 0.2) is 0 Å². The molecular weight excluding hydrogens is 292 g/mol. The second-order valence-electron chi connectivity index (χ2n) is 6.19. The van der Waals surface area contributed by atoms with Crippen LogP contribution < -0.4 is 0 Å². The number of methoxy groups -OCH3 is 2. The molecule has 23 heavy (non-hydrogen) atoms. The zero-order chi connectivity index (χ0) is 17.0. The van der Waals surface area contributed by atoms with Crippen molar-refractivity contribution in [1.29, 1.82) is 0 Å². The fraction of sp³-hybridized carbons (Fsp3) is 0.474. The lowest BCUT2D eigenvalue weighted by Gasteiger charge is -2.27. The first-order valence-corrected chi connectivity index (χ1v) is 7.88. The molecule has 1 fully saturated rings. The minimum Gasteiger partial charge on any atom is -0.469 e. The maximum Gasteiger partial charge on any atom is 0.316 e. The summed E-state index contributed by atoms with van der Waals surface area (Å²) < 4.78 is 9.80. The van der Waals surface area contributed by atoms with Gasteiger partial charge in [0.1, 0.15) is 0 Å². The van der Waals surface area contributed by atoms with Gasteiger partial charge in [0, 0.05) is 0 Å². The molecule has 2 unspecified atom stereocenters. The van der Waals surface area contributed by atoms with E-state index in [0.717, 1.165) is 36.0 Å². The first-order valence-electron chi connectivity index (χ1n) is 7.88. The van der Waals surface area contributed by atoms with Crippen molar-refractivity contribution >= 4 is 11.9 Å². The van der Waals surface area contributed by atoms with Crippen LogP contribution in [0.3, 0.4) is 0 Å². The average Bonchev–Trinajstić information content (AvgIpc) is 2.95. The quantitative estimate of drug-likeness (QED) is 0.617. The lowest BCUT2D eigenvalue weighted by atomic mass is 9.77. The predicted octanol–water partition coefficient (Wildman–Crippen LogP) is 3.41. The Bertz CT molecular complexity index is 602. The van der Waals surface area contributed by atoms with Gasteiger partial charge in [-0.3, -0.25) is 9.59 Å². The second kappa shape index (κ2) is 6.99. The van der Waals surface area contributed by atoms with Crippen LogP contribution in [0.15, 0.2) is 36.4 Å². The number of ether oxygens (including phenoxy) is 2. The third kappa shape index (κ3) is 3.31. The molecule has 2 atom stereocenters. The number of esters is 2. The Morgan fingerprint density at radius 1 is 1.22 bits per heavy atom. The lowest BCUT2D eigenvalue weighted by Crippen LogP contribution is -2.33. The number of hydrogen-bond acceptors (Lipinski definition) is 4. The molecule has 0 spiro atoms. The number of carbonyl (C=O) groups is 2. The minimum atomic E-state index is -0.607. The topological polar surface area (TPSA) is 52.6 Å². The van der Waals surface area contributed by atoms with E-state index in [1.165, 1.54) is 14.2 Å². The molecule has 0 radical (unpaired) electrons. The highest BCUT2D eigenvalue weighted by atomic mass is 16.5. The fourth-order valence-corrected chi connectivity index (χ4v) is 3.33. The Morgan fingerprint density at radius 3 is 2.35 bits per heavy atom. The van der Waals surface area contributed by atoms with Crippen LogP contribution in [0, 0.1) is 5.41 Å². The van der Waals surface area contributed by atoms with Gasteiger partial charge in [-0.05, 0) is 43.7 Å². The van der Waals surface area contributed by atoms with Gasteiger partial charge in [-0.25, -0.2) is 0 Å². The molecule has 0 heterocycles. The molecule has 0 amide bonds. The smallest absolute Gasteiger partial charge is 0.316 e. The van der Waals surface area contributed by atoms with Crippen molar-refractivity contribution in [3.05, 3.63) is 47.5 Å². The second-order valence-corrected chi connectivity index (χ2v) is 6.19. The third-order valence-electron chi connectivity index (χ3n) is 4.88. The van der Waals surface area contributed by atoms with Gasteiger partial charge in [-0.15, -0.1) is 0 Å². The zero-order valence-electron chi connectivity index (χ0n) is 14.1. The largest absolute Gasteiger partial charge is 0.469 e. The summed E-state index contributed by atoms with van der Waals surface area (Å²) in [6.07, 6.45) is 3.20. The molecule has 0 N–H and O–H groups in total. The van der Waals surface area contributed by atoms with Crippen LogP contribution in [0.25, 0.3) is 0 Å². The van der Waals surface area contributed by atoms with Crippen molar-refractivity contribution in [3.63, 3.8) is 0 Å². The van der Waals surface area contributed by atoms with Crippen LogP contribution >= 0.6 is 0 Å². The molecule has 1 aromatic carbocycles. The number of carbonyl (C=O) groups excluding carboxylic acids is 2. The molecule has 1 aliphatic rings. The maximum absolute atomic E-state index is 12.3. The maximum atomic E-state index is 12.3. The minimum absolute atomic E-state index is 0.202. The number of hydrogen-bond donors (Lipinski definition) is 0. The van der Waals surface area contributed by atoms with E-state index < -0.39 is 5.41 Å². The highest BCUT2D eigenvalue weighted by molar-refractivity contribution is 5.81. The van der Waals surface area contributed by atoms with Crippen LogP contribution in [0.4, 0.5) is 0 Å². The van der Waals surface area contributed by atoms with Crippen molar-refractivity contribution in [2.75, 3.05) is 14.2 Å². The summed E-state index contributed by atoms with van der Waals surface area (Å²) in [5, 5.41) is 0. The van der Waals surface area contributed by atoms with Crippen LogP contribution in [0.2, 0.25) is 0 Å². The summed E-state index contributed by atoms with van der Waals surface area (Å²) in [6.45, 7) is 5.91. The zero-order valence-corrected chi connectivity index (χ0v) is 14.1. The Hall–Kier alpha value is -2.10. The Balaban J connectivity index is 2.21. The molecule has 1 saturated carbocycles. The van der Waals surface area contributed by atoms with E-state index in [-0.39, 0.29) is 17.9 Å². The molecule has 4 nitrogen and oxygen atoms in total. The number of benzene rings is 1. The van der Waals surface area contributed by atoms with Crippen molar-refractivity contribution in [3.8, 4) is 0 Å². The van der Waals surface area contributed by atoms with Gasteiger partial charge in [0.2, 0.25) is 0 Å². The molecule has 124 valence electrons. The van der Waals surface area contributed by atoms with Crippen molar-refractivity contribution in [1.82, 2.24) is 0 Å². The molecule has 0 saturated heterocycles. The summed E-state index contributed by atoms with van der Waals surface area (Å²) in [6, 6.07) is 7.76. The number of rotatable bonds is 5. The summed E-state index contributed by atoms with van der Waals surface area (Å²) in [7, 11) is 2.82. The normalized spacial score (nSPS) is 21.8. The first-order chi connectivity index (χ1) is 10.9. The van der Waals surface area contributed by atoms with Gasteiger partial charge >= 0.3 is 11.9 Å². The van der Waals surface area contributed by atoms with Crippen molar-refractivity contribution in [2.24, 2.45) is 5.41 Å². The van der Waals surface area contributed by atoms with E-state index in [1.54, 1.807) is 0 Å². The fourth-order valence-electron chi connectivity index (χ4n) is 3.33. The summed E-state index contributed by atoms with van der Waals surface area (Å²) in [4.78, 5) is 23.9. The lowest BCUT2D eigenvalue weighted by molar-refractivity contribution is -0.150. The van der Waals surface area contributed by atoms with Gasteiger partial charge in [0.25, 0.3) is 0 Å². The molecule has 0 aliphatic heterocycles. The summed E-state index contributed by atoms with van der Waals surface area (Å²) >= 11 is 0. The Kier molecular flexibility index (Phi) is 5.24. The van der Waals surface area contributed by atoms with E-state index in [2.05, 4.69) is 6.58 Å². The van der Waals surface area contributed by atoms with E-state index in [4.69, 9.17) is 9.47 Å². The predicted molar refractivity (Wildman–Crippen MR) is 88.0 cm³/mol. The molecule has 1 aromatic rings. The molecular formula is C19H24O4. The van der Waals surface area contributed by atoms with E-state index >= 15 is 0 Å². The molecule has 2 rings (SSSR count). The van der Waals surface area contributed by atoms with Gasteiger partial charge < -0.3 is 9.47 Å². The van der Waals surface area contributed by atoms with E-state index in [1.807, 2.05) is 31.2 Å². The highest BCUT2D eigenvalue weighted by Crippen LogP contribution is 2.45. The van der Waals surface area contributed by atoms with Crippen molar-refractivity contribution < 1.29 is 19.1 Å². The highest BCUT2D eigenvalue weighted by Gasteiger charge is 2.45. The molecule has 1 aliphatic carbocycles. The van der Waals surface area contributed by atoms with Gasteiger partial charge in [0.05, 0.1) is 25.6 Å². The molecule has 0 aromatic heterocycles. The molecule has 0 bridgehead atoms. The Morgan fingerprint density at radius 2 is 1.87 bits per heavy atom. The van der Waals surface area contributed by atoms with Crippen molar-refractivity contribution in [2.45, 2.75) is 38.5 Å². The first kappa shape index (κ1) is 17.3. The van der Waals surface area contributed by atoms with Crippen LogP contribution in [0.5, 0.6) is 0 Å². The van der Waals surface area contributed by atoms with E-state index in [0.29, 0.717) is 6.42 Å². The van der Waals surface area contributed by atoms with E-state index in [9.17, 15) is 9.59 Å². The average molecular weight is 316 g/mol. The van der Waals surface area contributed by atoms with Gasteiger partial charge in [-0.2, -0.15) is 0 Å². The van der Waals surface area contributed by atoms with Crippen LogP contribution in [-0.4, -0.2) is 26.2 Å². The Labute approximate surface area is 137 Å². The monoisotopic (exact) mass is 316 g/mol. The third-order valence-corrected chi connectivity index (χ3v) is 4.88. The molecule has 4 heteroatoms. The summed E-state index contributed by atoms with van der Waals surface area (Å²) in [5.41, 5.74) is 2.29. The SMILES string of the molecule is C=C1CCCC1(Cc1ccc(C(C)C(=O)OC)cc1)C(=O)OC. The standard InChI is InChI=1S/C19H24O4/c1-13-6-5-11-19(13,18(21)23-4)12-15-7-9-16(10-8-15)14(2)17(20)22-3/h7-10,14H,1,5-6,11-12H2,2-4H3. The van der Waals surface area contributed by atoms with Crippen LogP contribution in [0.1, 0.15) is 43.2 Å². The summed E-state index contributed by atoms with van der Waals surface area (Å²) in [5.74, 6) is -0.759. The van der Waals surface area contributed by atoms with Gasteiger partial charge in [-0.1, -0.05) is 36.4 Å².